The van der Waals surface area contributed by atoms with Crippen LogP contribution >= 0.6 is 0 Å². The predicted octanol–water partition coefficient (Wildman–Crippen LogP) is 2.58. The van der Waals surface area contributed by atoms with Crippen molar-refractivity contribution in [3.8, 4) is 0 Å². The number of pyridine rings is 2. The molecule has 65 valence electrons. The Morgan fingerprint density at radius 2 is 1.86 bits per heavy atom. The van der Waals surface area contributed by atoms with Gasteiger partial charge in [0, 0.05) is 17.0 Å². The average molecular weight is 179 g/mol. The summed E-state index contributed by atoms with van der Waals surface area (Å²) in [6.07, 6.45) is 4.63. The monoisotopic (exact) mass is 179 g/mol. The zero-order valence-electron chi connectivity index (χ0n) is 7.44. The van der Waals surface area contributed by atoms with Crippen molar-refractivity contribution in [2.75, 3.05) is 0 Å². The Kier molecular flexibility index (Phi) is 1.47. The van der Waals surface area contributed by atoms with Gasteiger partial charge in [-0.15, -0.1) is 0 Å². The Morgan fingerprint density at radius 3 is 2.86 bits per heavy atom. The van der Waals surface area contributed by atoms with Crippen molar-refractivity contribution < 1.29 is 0 Å². The summed E-state index contributed by atoms with van der Waals surface area (Å²) in [6.45, 7) is 0. The fraction of sp³-hybridized carbons (Fsp3) is 0. The van der Waals surface area contributed by atoms with Crippen LogP contribution in [-0.2, 0) is 0 Å². The number of fused-ring (bicyclic) bond motifs is 2. The molecule has 0 amide bonds. The topological polar surface area (TPSA) is 25.8 Å². The lowest BCUT2D eigenvalue weighted by atomic mass is 10.1. The summed E-state index contributed by atoms with van der Waals surface area (Å²) >= 11 is 0. The lowest BCUT2D eigenvalue weighted by Crippen LogP contribution is -1.81. The Balaban J connectivity index is 2.52. The van der Waals surface area contributed by atoms with Crippen LogP contribution < -0.4 is 0 Å². The molecule has 0 N–H and O–H groups in total. The first kappa shape index (κ1) is 7.44. The van der Waals surface area contributed by atoms with Crippen molar-refractivity contribution in [1.82, 2.24) is 9.97 Å². The van der Waals surface area contributed by atoms with Crippen molar-refractivity contribution >= 4 is 21.8 Å². The maximum atomic E-state index is 4.29. The third-order valence-corrected chi connectivity index (χ3v) is 2.27. The van der Waals surface area contributed by atoms with Crippen LogP contribution in [0.4, 0.5) is 0 Å². The van der Waals surface area contributed by atoms with Gasteiger partial charge in [0.15, 0.2) is 0 Å². The predicted molar refractivity (Wildman–Crippen MR) is 55.9 cm³/mol. The minimum Gasteiger partial charge on any atom is -0.256 e. The molecule has 2 aromatic heterocycles. The van der Waals surface area contributed by atoms with Gasteiger partial charge < -0.3 is 0 Å². The largest absolute Gasteiger partial charge is 0.256 e. The summed E-state index contributed by atoms with van der Waals surface area (Å²) in [5, 5.41) is 2.22. The van der Waals surface area contributed by atoms with Gasteiger partial charge in [-0.1, -0.05) is 12.1 Å². The molecule has 3 rings (SSSR count). The van der Waals surface area contributed by atoms with Gasteiger partial charge in [0.2, 0.25) is 0 Å². The first-order valence-corrected chi connectivity index (χ1v) is 4.45. The van der Waals surface area contributed by atoms with E-state index < -0.39 is 0 Å². The van der Waals surface area contributed by atoms with Crippen molar-refractivity contribution in [3.63, 3.8) is 0 Å². The normalized spacial score (nSPS) is 10.9. The van der Waals surface area contributed by atoms with Crippen molar-refractivity contribution in [1.29, 1.82) is 0 Å². The third-order valence-electron chi connectivity index (χ3n) is 2.27. The van der Waals surface area contributed by atoms with E-state index >= 15 is 0 Å². The molecule has 3 aromatic rings. The van der Waals surface area contributed by atoms with Crippen LogP contribution in [0.25, 0.3) is 21.8 Å². The number of rotatable bonds is 0. The maximum absolute atomic E-state index is 4.29. The van der Waals surface area contributed by atoms with E-state index in [2.05, 4.69) is 16.2 Å². The number of hydrogen-bond donors (Lipinski definition) is 0. The summed E-state index contributed by atoms with van der Waals surface area (Å²) in [4.78, 5) is 8.47. The quantitative estimate of drug-likeness (QED) is 0.496. The molecule has 0 aliphatic carbocycles. The molecule has 0 unspecified atom stereocenters. The molecule has 1 radical (unpaired) electrons. The average Bonchev–Trinajstić information content (AvgIpc) is 2.26. The molecule has 2 nitrogen and oxygen atoms in total. The standard InChI is InChI=1S/C12H7N2/c1-3-9-7-12-10(4-2-6-14-12)8-11(9)13-5-1/h1-5,7-8H. The van der Waals surface area contributed by atoms with Crippen LogP contribution in [0.5, 0.6) is 0 Å². The minimum atomic E-state index is 0.966. The Labute approximate surface area is 81.2 Å². The molecular formula is C12H7N2. The Bertz CT molecular complexity index is 497. The number of benzene rings is 1. The van der Waals surface area contributed by atoms with E-state index in [1.165, 1.54) is 0 Å². The van der Waals surface area contributed by atoms with Gasteiger partial charge in [-0.2, -0.15) is 0 Å². The van der Waals surface area contributed by atoms with Crippen molar-refractivity contribution in [3.05, 3.63) is 48.8 Å². The van der Waals surface area contributed by atoms with Crippen LogP contribution in [0.2, 0.25) is 0 Å². The van der Waals surface area contributed by atoms with E-state index in [4.69, 9.17) is 0 Å². The molecule has 0 saturated heterocycles. The molecule has 2 heteroatoms. The number of aromatic nitrogens is 2. The van der Waals surface area contributed by atoms with Crippen LogP contribution in [0, 0.1) is 6.20 Å². The molecule has 0 aliphatic rings. The molecule has 0 bridgehead atoms. The molecule has 0 spiro atoms. The van der Waals surface area contributed by atoms with Crippen LogP contribution in [-0.4, -0.2) is 9.97 Å². The first-order valence-electron chi connectivity index (χ1n) is 4.45. The van der Waals surface area contributed by atoms with Gasteiger partial charge in [-0.3, -0.25) is 4.98 Å². The van der Waals surface area contributed by atoms with Gasteiger partial charge >= 0.3 is 0 Å². The third kappa shape index (κ3) is 1.04. The smallest absolute Gasteiger partial charge is 0.0894 e. The molecule has 0 aliphatic heterocycles. The fourth-order valence-electron chi connectivity index (χ4n) is 1.59. The summed E-state index contributed by atoms with van der Waals surface area (Å²) in [6, 6.07) is 11.9. The summed E-state index contributed by atoms with van der Waals surface area (Å²) in [5.74, 6) is 0. The highest BCUT2D eigenvalue weighted by atomic mass is 14.7. The number of nitrogens with zero attached hydrogens (tertiary/aromatic N) is 2. The highest BCUT2D eigenvalue weighted by Gasteiger charge is 1.97. The second-order valence-corrected chi connectivity index (χ2v) is 3.18. The molecule has 14 heavy (non-hydrogen) atoms. The highest BCUT2D eigenvalue weighted by molar-refractivity contribution is 5.94. The minimum absolute atomic E-state index is 0.966. The molecule has 0 atom stereocenters. The lowest BCUT2D eigenvalue weighted by Gasteiger charge is -1.99. The Hall–Kier alpha value is -1.96. The van der Waals surface area contributed by atoms with Crippen LogP contribution in [0.3, 0.4) is 0 Å². The van der Waals surface area contributed by atoms with Crippen LogP contribution in [0.15, 0.2) is 42.6 Å². The SMILES string of the molecule is [c]1ccc2cc3ncccc3cc2n1. The maximum Gasteiger partial charge on any atom is 0.0894 e. The fourth-order valence-corrected chi connectivity index (χ4v) is 1.59. The first-order chi connectivity index (χ1) is 6.93. The zero-order chi connectivity index (χ0) is 9.38. The van der Waals surface area contributed by atoms with Gasteiger partial charge in [0.05, 0.1) is 17.2 Å². The van der Waals surface area contributed by atoms with Gasteiger partial charge in [0.1, 0.15) is 0 Å². The van der Waals surface area contributed by atoms with Crippen molar-refractivity contribution in [2.24, 2.45) is 0 Å². The Morgan fingerprint density at radius 1 is 1.00 bits per heavy atom. The molecule has 0 fully saturated rings. The molecule has 0 saturated carbocycles. The summed E-state index contributed by atoms with van der Waals surface area (Å²) < 4.78 is 0. The van der Waals surface area contributed by atoms with E-state index in [9.17, 15) is 0 Å². The highest BCUT2D eigenvalue weighted by Crippen LogP contribution is 2.18. The lowest BCUT2D eigenvalue weighted by molar-refractivity contribution is 1.38. The summed E-state index contributed by atoms with van der Waals surface area (Å²) in [5.41, 5.74) is 1.97. The van der Waals surface area contributed by atoms with Gasteiger partial charge in [0.25, 0.3) is 0 Å². The summed E-state index contributed by atoms with van der Waals surface area (Å²) in [7, 11) is 0. The molecule has 2 heterocycles. The molecular weight excluding hydrogens is 172 g/mol. The zero-order valence-corrected chi connectivity index (χ0v) is 7.44. The number of hydrogen-bond acceptors (Lipinski definition) is 2. The van der Waals surface area contributed by atoms with E-state index in [1.54, 1.807) is 6.20 Å². The van der Waals surface area contributed by atoms with Crippen LogP contribution in [0.1, 0.15) is 0 Å². The second kappa shape index (κ2) is 2.77. The van der Waals surface area contributed by atoms with Gasteiger partial charge in [-0.05, 0) is 24.3 Å². The van der Waals surface area contributed by atoms with E-state index in [-0.39, 0.29) is 0 Å². The van der Waals surface area contributed by atoms with Gasteiger partial charge in [-0.25, -0.2) is 4.98 Å². The van der Waals surface area contributed by atoms with E-state index in [0.717, 1.165) is 21.8 Å². The van der Waals surface area contributed by atoms with E-state index in [0.29, 0.717) is 0 Å². The molecule has 1 aromatic carbocycles. The van der Waals surface area contributed by atoms with Crippen molar-refractivity contribution in [2.45, 2.75) is 0 Å². The van der Waals surface area contributed by atoms with E-state index in [1.807, 2.05) is 36.4 Å². The second-order valence-electron chi connectivity index (χ2n) is 3.18.